The Bertz CT molecular complexity index is 567. The number of nitrogens with zero attached hydrogens (tertiary/aromatic N) is 4. The van der Waals surface area contributed by atoms with Crippen LogP contribution in [0.1, 0.15) is 16.2 Å². The van der Waals surface area contributed by atoms with E-state index in [0.717, 1.165) is 0 Å². The van der Waals surface area contributed by atoms with E-state index < -0.39 is 10.8 Å². The van der Waals surface area contributed by atoms with Gasteiger partial charge in [-0.25, -0.2) is 0 Å². The van der Waals surface area contributed by atoms with Crippen LogP contribution in [0.25, 0.3) is 0 Å². The first-order valence-electron chi connectivity index (χ1n) is 4.92. The van der Waals surface area contributed by atoms with Gasteiger partial charge >= 0.3 is 0 Å². The summed E-state index contributed by atoms with van der Waals surface area (Å²) in [6.07, 6.45) is 0. The lowest BCUT2D eigenvalue weighted by atomic mass is 10.2. The molecule has 1 heterocycles. The molecular weight excluding hydrogens is 240 g/mol. The van der Waals surface area contributed by atoms with Gasteiger partial charge in [0.25, 0.3) is 17.4 Å². The Kier molecular flexibility index (Phi) is 3.23. The normalized spacial score (nSPS) is 10.0. The van der Waals surface area contributed by atoms with Crippen molar-refractivity contribution in [2.24, 2.45) is 0 Å². The highest BCUT2D eigenvalue weighted by atomic mass is 16.6. The molecule has 9 nitrogen and oxygen atoms in total. The largest absolute Gasteiger partial charge is 0.345 e. The van der Waals surface area contributed by atoms with Crippen LogP contribution in [-0.4, -0.2) is 31.5 Å². The molecule has 18 heavy (non-hydrogen) atoms. The van der Waals surface area contributed by atoms with Crippen molar-refractivity contribution >= 4 is 11.6 Å². The van der Waals surface area contributed by atoms with Gasteiger partial charge in [0.1, 0.15) is 0 Å². The Morgan fingerprint density at radius 2 is 2.22 bits per heavy atom. The first kappa shape index (κ1) is 11.6. The fourth-order valence-corrected chi connectivity index (χ4v) is 1.35. The molecule has 2 aromatic rings. The fraction of sp³-hybridized carbons (Fsp3) is 0.111. The molecule has 1 amide bonds. The summed E-state index contributed by atoms with van der Waals surface area (Å²) < 4.78 is 0. The van der Waals surface area contributed by atoms with Crippen LogP contribution >= 0.6 is 0 Å². The Labute approximate surface area is 100 Å². The first-order valence-corrected chi connectivity index (χ1v) is 4.92. The molecule has 0 aliphatic carbocycles. The molecule has 0 bridgehead atoms. The van der Waals surface area contributed by atoms with Gasteiger partial charge in [-0.2, -0.15) is 5.21 Å². The zero-order valence-corrected chi connectivity index (χ0v) is 9.03. The maximum Gasteiger partial charge on any atom is 0.293 e. The van der Waals surface area contributed by atoms with E-state index in [4.69, 9.17) is 0 Å². The maximum absolute atomic E-state index is 11.5. The molecule has 1 aromatic carbocycles. The van der Waals surface area contributed by atoms with Crippen LogP contribution in [-0.2, 0) is 6.54 Å². The van der Waals surface area contributed by atoms with E-state index in [0.29, 0.717) is 5.56 Å². The molecule has 0 atom stereocenters. The second kappa shape index (κ2) is 4.99. The molecule has 9 heteroatoms. The van der Waals surface area contributed by atoms with Gasteiger partial charge in [-0.3, -0.25) is 14.9 Å². The number of tetrazole rings is 1. The average molecular weight is 248 g/mol. The van der Waals surface area contributed by atoms with E-state index >= 15 is 0 Å². The van der Waals surface area contributed by atoms with E-state index in [1.54, 1.807) is 18.2 Å². The van der Waals surface area contributed by atoms with Crippen LogP contribution < -0.4 is 5.32 Å². The van der Waals surface area contributed by atoms with Crippen molar-refractivity contribution < 1.29 is 9.72 Å². The van der Waals surface area contributed by atoms with Gasteiger partial charge in [0, 0.05) is 18.2 Å². The van der Waals surface area contributed by atoms with Crippen molar-refractivity contribution in [3.05, 3.63) is 45.8 Å². The minimum Gasteiger partial charge on any atom is -0.345 e. The Morgan fingerprint density at radius 3 is 2.89 bits per heavy atom. The van der Waals surface area contributed by atoms with Crippen LogP contribution in [0.3, 0.4) is 0 Å². The van der Waals surface area contributed by atoms with E-state index in [1.807, 2.05) is 0 Å². The summed E-state index contributed by atoms with van der Waals surface area (Å²) in [6.45, 7) is 0.0184. The standard InChI is InChI=1S/C9H8N6O3/c16-9(8-11-13-14-12-8)10-5-6-3-1-2-4-7(6)15(17)18/h1-4H,5H2,(H,10,16)(H,11,12,13,14). The van der Waals surface area contributed by atoms with Crippen LogP contribution in [0.5, 0.6) is 0 Å². The van der Waals surface area contributed by atoms with E-state index in [1.165, 1.54) is 6.07 Å². The second-order valence-corrected chi connectivity index (χ2v) is 3.30. The summed E-state index contributed by atoms with van der Waals surface area (Å²) in [5.41, 5.74) is 0.352. The number of rotatable bonds is 4. The summed E-state index contributed by atoms with van der Waals surface area (Å²) >= 11 is 0. The molecule has 0 aliphatic heterocycles. The Hall–Kier alpha value is -2.84. The predicted molar refractivity (Wildman–Crippen MR) is 58.4 cm³/mol. The molecule has 0 saturated heterocycles. The summed E-state index contributed by atoms with van der Waals surface area (Å²) in [5.74, 6) is -0.671. The number of nitro groups is 1. The summed E-state index contributed by atoms with van der Waals surface area (Å²) in [6, 6.07) is 6.15. The van der Waals surface area contributed by atoms with E-state index in [2.05, 4.69) is 25.9 Å². The van der Waals surface area contributed by atoms with Gasteiger partial charge in [-0.05, 0) is 5.21 Å². The number of hydrogen-bond acceptors (Lipinski definition) is 6. The smallest absolute Gasteiger partial charge is 0.293 e. The van der Waals surface area contributed by atoms with Crippen molar-refractivity contribution in [1.29, 1.82) is 0 Å². The number of hydrogen-bond donors (Lipinski definition) is 2. The number of aromatic nitrogens is 4. The number of carbonyl (C=O) groups is 1. The SMILES string of the molecule is O=C(NCc1ccccc1[N+](=O)[O-])c1nn[nH]n1. The third-order valence-corrected chi connectivity index (χ3v) is 2.18. The van der Waals surface area contributed by atoms with Gasteiger partial charge in [0.15, 0.2) is 0 Å². The molecule has 0 fully saturated rings. The van der Waals surface area contributed by atoms with Crippen molar-refractivity contribution in [3.8, 4) is 0 Å². The highest BCUT2D eigenvalue weighted by Gasteiger charge is 2.15. The molecular formula is C9H8N6O3. The molecule has 92 valence electrons. The third kappa shape index (κ3) is 2.45. The number of para-hydroxylation sites is 1. The molecule has 2 N–H and O–H groups in total. The molecule has 0 spiro atoms. The highest BCUT2D eigenvalue weighted by Crippen LogP contribution is 2.17. The van der Waals surface area contributed by atoms with Gasteiger partial charge < -0.3 is 5.32 Å². The zero-order chi connectivity index (χ0) is 13.0. The van der Waals surface area contributed by atoms with Gasteiger partial charge in [0.2, 0.25) is 0 Å². The minimum absolute atomic E-state index is 0.0184. The van der Waals surface area contributed by atoms with Crippen LogP contribution in [0, 0.1) is 10.1 Å². The predicted octanol–water partition coefficient (Wildman–Crippen LogP) is 0.0379. The van der Waals surface area contributed by atoms with Gasteiger partial charge in [0.05, 0.1) is 4.92 Å². The van der Waals surface area contributed by atoms with E-state index in [-0.39, 0.29) is 18.1 Å². The molecule has 0 unspecified atom stereocenters. The number of carbonyl (C=O) groups excluding carboxylic acids is 1. The number of aromatic amines is 1. The first-order chi connectivity index (χ1) is 8.68. The summed E-state index contributed by atoms with van der Waals surface area (Å²) in [4.78, 5) is 21.7. The summed E-state index contributed by atoms with van der Waals surface area (Å²) in [7, 11) is 0. The second-order valence-electron chi connectivity index (χ2n) is 3.30. The lowest BCUT2D eigenvalue weighted by Crippen LogP contribution is -2.24. The lowest BCUT2D eigenvalue weighted by Gasteiger charge is -2.03. The molecule has 0 saturated carbocycles. The number of amides is 1. The lowest BCUT2D eigenvalue weighted by molar-refractivity contribution is -0.385. The molecule has 0 radical (unpaired) electrons. The zero-order valence-electron chi connectivity index (χ0n) is 9.03. The number of benzene rings is 1. The molecule has 0 aliphatic rings. The number of H-pyrrole nitrogens is 1. The van der Waals surface area contributed by atoms with Gasteiger partial charge in [-0.1, -0.05) is 18.2 Å². The van der Waals surface area contributed by atoms with Crippen molar-refractivity contribution in [2.75, 3.05) is 0 Å². The van der Waals surface area contributed by atoms with Crippen molar-refractivity contribution in [1.82, 2.24) is 25.9 Å². The summed E-state index contributed by atoms with van der Waals surface area (Å²) in [5, 5.41) is 25.6. The van der Waals surface area contributed by atoms with Crippen LogP contribution in [0.4, 0.5) is 5.69 Å². The van der Waals surface area contributed by atoms with Crippen molar-refractivity contribution in [3.63, 3.8) is 0 Å². The average Bonchev–Trinajstić information content (AvgIpc) is 2.90. The third-order valence-electron chi connectivity index (χ3n) is 2.18. The van der Waals surface area contributed by atoms with Crippen LogP contribution in [0.2, 0.25) is 0 Å². The molecule has 1 aromatic heterocycles. The van der Waals surface area contributed by atoms with Crippen LogP contribution in [0.15, 0.2) is 24.3 Å². The highest BCUT2D eigenvalue weighted by molar-refractivity contribution is 5.90. The Morgan fingerprint density at radius 1 is 1.44 bits per heavy atom. The number of nitro benzene ring substituents is 1. The van der Waals surface area contributed by atoms with Gasteiger partial charge in [-0.15, -0.1) is 10.2 Å². The van der Waals surface area contributed by atoms with E-state index in [9.17, 15) is 14.9 Å². The monoisotopic (exact) mass is 248 g/mol. The molecule has 2 rings (SSSR count). The maximum atomic E-state index is 11.5. The quantitative estimate of drug-likeness (QED) is 0.580. The fourth-order valence-electron chi connectivity index (χ4n) is 1.35. The topological polar surface area (TPSA) is 127 Å². The Balaban J connectivity index is 2.07. The number of nitrogens with one attached hydrogen (secondary N) is 2. The van der Waals surface area contributed by atoms with Crippen molar-refractivity contribution in [2.45, 2.75) is 6.54 Å². The minimum atomic E-state index is -0.554.